The van der Waals surface area contributed by atoms with Crippen molar-refractivity contribution in [2.24, 2.45) is 11.7 Å². The number of nitrogens with zero attached hydrogens (tertiary/aromatic N) is 1. The Balaban J connectivity index is 2.06. The minimum Gasteiger partial charge on any atom is -0.329 e. The molecule has 5 N–H and O–H groups in total. The van der Waals surface area contributed by atoms with E-state index in [9.17, 15) is 9.59 Å². The van der Waals surface area contributed by atoms with E-state index in [-0.39, 0.29) is 17.7 Å². The second-order valence-corrected chi connectivity index (χ2v) is 5.98. The monoisotopic (exact) mass is 325 g/mol. The van der Waals surface area contributed by atoms with Gasteiger partial charge in [0.1, 0.15) is 0 Å². The van der Waals surface area contributed by atoms with E-state index in [0.717, 1.165) is 38.3 Å². The Morgan fingerprint density at radius 1 is 1.13 bits per heavy atom. The Morgan fingerprint density at radius 3 is 2.26 bits per heavy atom. The summed E-state index contributed by atoms with van der Waals surface area (Å²) in [4.78, 5) is 25.4. The van der Waals surface area contributed by atoms with Gasteiger partial charge < -0.3 is 21.7 Å². The fourth-order valence-corrected chi connectivity index (χ4v) is 2.59. The number of allylic oxidation sites excluding steroid dienone is 1. The van der Waals surface area contributed by atoms with E-state index in [1.165, 1.54) is 4.90 Å². The normalized spacial score (nSPS) is 18.0. The van der Waals surface area contributed by atoms with Crippen LogP contribution in [0.5, 0.6) is 0 Å². The molecule has 0 saturated carbocycles. The molecule has 7 heteroatoms. The molecule has 1 heterocycles. The molecule has 0 aromatic carbocycles. The molecule has 0 radical (unpaired) electrons. The second kappa shape index (κ2) is 11.3. The number of imide groups is 1. The highest BCUT2D eigenvalue weighted by molar-refractivity contribution is 6.03. The third-order valence-electron chi connectivity index (χ3n) is 3.72. The van der Waals surface area contributed by atoms with Gasteiger partial charge in [0.05, 0.1) is 5.92 Å². The van der Waals surface area contributed by atoms with Gasteiger partial charge in [-0.15, -0.1) is 6.58 Å². The summed E-state index contributed by atoms with van der Waals surface area (Å²) < 4.78 is 0. The average Bonchev–Trinajstić information content (AvgIpc) is 2.75. The predicted octanol–water partition coefficient (Wildman–Crippen LogP) is -0.945. The summed E-state index contributed by atoms with van der Waals surface area (Å²) in [5, 5.41) is 9.75. The molecule has 132 valence electrons. The van der Waals surface area contributed by atoms with Crippen LogP contribution < -0.4 is 21.7 Å². The third-order valence-corrected chi connectivity index (χ3v) is 3.72. The summed E-state index contributed by atoms with van der Waals surface area (Å²) in [5.74, 6) is -0.321. The van der Waals surface area contributed by atoms with Crippen LogP contribution in [-0.2, 0) is 9.59 Å². The molecule has 2 amide bonds. The van der Waals surface area contributed by atoms with Crippen LogP contribution in [-0.4, -0.2) is 69.1 Å². The fraction of sp³-hybridized carbons (Fsp3) is 0.750. The topological polar surface area (TPSA) is 99.5 Å². The maximum atomic E-state index is 12.2. The zero-order valence-electron chi connectivity index (χ0n) is 14.2. The molecule has 1 atom stereocenters. The summed E-state index contributed by atoms with van der Waals surface area (Å²) in [5.41, 5.74) is 6.33. The van der Waals surface area contributed by atoms with Gasteiger partial charge >= 0.3 is 0 Å². The predicted molar refractivity (Wildman–Crippen MR) is 91.9 cm³/mol. The molecule has 0 aromatic heterocycles. The first kappa shape index (κ1) is 19.8. The molecule has 1 saturated heterocycles. The first-order valence-corrected chi connectivity index (χ1v) is 8.37. The molecule has 1 unspecified atom stereocenters. The largest absolute Gasteiger partial charge is 0.329 e. The van der Waals surface area contributed by atoms with Gasteiger partial charge in [0, 0.05) is 58.8 Å². The lowest BCUT2D eigenvalue weighted by Gasteiger charge is -2.15. The Labute approximate surface area is 139 Å². The van der Waals surface area contributed by atoms with E-state index in [1.807, 2.05) is 6.92 Å². The van der Waals surface area contributed by atoms with E-state index < -0.39 is 0 Å². The number of likely N-dealkylation sites (tertiary alicyclic amines) is 1. The smallest absolute Gasteiger partial charge is 0.233 e. The summed E-state index contributed by atoms with van der Waals surface area (Å²) in [7, 11) is 0. The van der Waals surface area contributed by atoms with Crippen LogP contribution in [0.25, 0.3) is 0 Å². The Morgan fingerprint density at radius 2 is 1.70 bits per heavy atom. The SMILES string of the molecule is C=C(C)CC1CC(=O)N(CCNCCNCCNCCN)C1=O. The van der Waals surface area contributed by atoms with Crippen molar-refractivity contribution in [1.29, 1.82) is 0 Å². The van der Waals surface area contributed by atoms with E-state index in [2.05, 4.69) is 22.5 Å². The zero-order valence-corrected chi connectivity index (χ0v) is 14.2. The van der Waals surface area contributed by atoms with Crippen LogP contribution in [0.3, 0.4) is 0 Å². The summed E-state index contributed by atoms with van der Waals surface area (Å²) in [6.07, 6.45) is 0.930. The number of nitrogens with one attached hydrogen (secondary N) is 3. The summed E-state index contributed by atoms with van der Waals surface area (Å²) in [6, 6.07) is 0. The number of nitrogens with two attached hydrogens (primary N) is 1. The molecule has 7 nitrogen and oxygen atoms in total. The molecular formula is C16H31N5O2. The quantitative estimate of drug-likeness (QED) is 0.198. The maximum Gasteiger partial charge on any atom is 0.233 e. The van der Waals surface area contributed by atoms with Gasteiger partial charge in [0.25, 0.3) is 0 Å². The molecule has 0 spiro atoms. The van der Waals surface area contributed by atoms with Crippen LogP contribution in [0.2, 0.25) is 0 Å². The van der Waals surface area contributed by atoms with Crippen molar-refractivity contribution in [3.8, 4) is 0 Å². The Kier molecular flexibility index (Phi) is 9.70. The number of amides is 2. The van der Waals surface area contributed by atoms with Gasteiger partial charge in [-0.1, -0.05) is 5.57 Å². The summed E-state index contributed by atoms with van der Waals surface area (Å²) in [6.45, 7) is 11.7. The van der Waals surface area contributed by atoms with Crippen LogP contribution >= 0.6 is 0 Å². The standard InChI is InChI=1S/C16H31N5O2/c1-13(2)11-14-12-15(22)21(16(14)23)10-9-20-8-7-19-6-5-18-4-3-17/h14,18-20H,1,3-12,17H2,2H3. The van der Waals surface area contributed by atoms with Gasteiger partial charge in [-0.3, -0.25) is 14.5 Å². The number of carbonyl (C=O) groups excluding carboxylic acids is 2. The molecular weight excluding hydrogens is 294 g/mol. The first-order valence-electron chi connectivity index (χ1n) is 8.37. The molecule has 0 aliphatic carbocycles. The van der Waals surface area contributed by atoms with Gasteiger partial charge in [-0.05, 0) is 13.3 Å². The van der Waals surface area contributed by atoms with Crippen molar-refractivity contribution in [3.63, 3.8) is 0 Å². The fourth-order valence-electron chi connectivity index (χ4n) is 2.59. The molecule has 0 bridgehead atoms. The highest BCUT2D eigenvalue weighted by Crippen LogP contribution is 2.24. The molecule has 23 heavy (non-hydrogen) atoms. The zero-order chi connectivity index (χ0) is 17.1. The van der Waals surface area contributed by atoms with Crippen LogP contribution in [0, 0.1) is 5.92 Å². The van der Waals surface area contributed by atoms with Gasteiger partial charge in [-0.2, -0.15) is 0 Å². The van der Waals surface area contributed by atoms with E-state index in [1.54, 1.807) is 0 Å². The number of hydrogen-bond acceptors (Lipinski definition) is 6. The van der Waals surface area contributed by atoms with Crippen LogP contribution in [0.15, 0.2) is 12.2 Å². The van der Waals surface area contributed by atoms with E-state index in [4.69, 9.17) is 5.73 Å². The number of hydrogen-bond donors (Lipinski definition) is 4. The van der Waals surface area contributed by atoms with Crippen LogP contribution in [0.4, 0.5) is 0 Å². The van der Waals surface area contributed by atoms with Crippen LogP contribution in [0.1, 0.15) is 19.8 Å². The first-order chi connectivity index (χ1) is 11.1. The minimum atomic E-state index is -0.206. The molecule has 1 rings (SSSR count). The lowest BCUT2D eigenvalue weighted by molar-refractivity contribution is -0.139. The molecule has 0 aromatic rings. The van der Waals surface area contributed by atoms with Gasteiger partial charge in [0.15, 0.2) is 0 Å². The third kappa shape index (κ3) is 7.69. The van der Waals surface area contributed by atoms with Crippen molar-refractivity contribution < 1.29 is 9.59 Å². The van der Waals surface area contributed by atoms with Crippen molar-refractivity contribution in [2.45, 2.75) is 19.8 Å². The van der Waals surface area contributed by atoms with Crippen molar-refractivity contribution >= 4 is 11.8 Å². The van der Waals surface area contributed by atoms with Crippen molar-refractivity contribution in [3.05, 3.63) is 12.2 Å². The molecule has 1 aliphatic heterocycles. The van der Waals surface area contributed by atoms with E-state index in [0.29, 0.717) is 32.5 Å². The number of rotatable bonds is 13. The highest BCUT2D eigenvalue weighted by atomic mass is 16.2. The molecule has 1 fully saturated rings. The van der Waals surface area contributed by atoms with Gasteiger partial charge in [-0.25, -0.2) is 0 Å². The highest BCUT2D eigenvalue weighted by Gasteiger charge is 2.37. The second-order valence-electron chi connectivity index (χ2n) is 5.98. The Bertz CT molecular complexity index is 400. The Hall–Kier alpha value is -1.28. The number of carbonyl (C=O) groups is 2. The molecule has 1 aliphatic rings. The lowest BCUT2D eigenvalue weighted by Crippen LogP contribution is -2.39. The van der Waals surface area contributed by atoms with Crippen molar-refractivity contribution in [2.75, 3.05) is 52.4 Å². The minimum absolute atomic E-state index is 0.0519. The average molecular weight is 325 g/mol. The lowest BCUT2D eigenvalue weighted by atomic mass is 10.00. The maximum absolute atomic E-state index is 12.2. The summed E-state index contributed by atoms with van der Waals surface area (Å²) >= 11 is 0. The van der Waals surface area contributed by atoms with Gasteiger partial charge in [0.2, 0.25) is 11.8 Å². The van der Waals surface area contributed by atoms with E-state index >= 15 is 0 Å². The van der Waals surface area contributed by atoms with Crippen molar-refractivity contribution in [1.82, 2.24) is 20.9 Å².